The number of carbonyl (C=O) groups is 4. The number of pyridine rings is 1. The van der Waals surface area contributed by atoms with Crippen LogP contribution in [0.3, 0.4) is 0 Å². The van der Waals surface area contributed by atoms with Crippen molar-refractivity contribution in [1.29, 1.82) is 0 Å². The van der Waals surface area contributed by atoms with Crippen LogP contribution < -0.4 is 0 Å². The number of rotatable bonds is 10. The second-order valence-corrected chi connectivity index (χ2v) is 11.8. The Morgan fingerprint density at radius 2 is 1.57 bits per heavy atom. The molecular formula is C35H33Cl2N3O7. The molecule has 1 atom stereocenters. The molecule has 12 heteroatoms. The summed E-state index contributed by atoms with van der Waals surface area (Å²) < 4.78 is 0. The molecule has 5 rings (SSSR count). The molecule has 0 spiro atoms. The maximum Gasteiger partial charge on any atom is 0.336 e. The smallest absolute Gasteiger partial charge is 0.336 e. The van der Waals surface area contributed by atoms with Gasteiger partial charge in [-0.05, 0) is 48.9 Å². The Bertz CT molecular complexity index is 1800. The zero-order valence-electron chi connectivity index (χ0n) is 25.5. The van der Waals surface area contributed by atoms with Gasteiger partial charge in [0.05, 0.1) is 21.1 Å². The van der Waals surface area contributed by atoms with E-state index in [0.29, 0.717) is 63.7 Å². The number of benzene rings is 3. The van der Waals surface area contributed by atoms with Crippen LogP contribution >= 0.6 is 23.2 Å². The lowest BCUT2D eigenvalue weighted by molar-refractivity contribution is -0.134. The predicted molar refractivity (Wildman–Crippen MR) is 179 cm³/mol. The van der Waals surface area contributed by atoms with Crippen molar-refractivity contribution >= 4 is 57.9 Å². The molecule has 0 aliphatic carbocycles. The van der Waals surface area contributed by atoms with Crippen molar-refractivity contribution < 1.29 is 34.5 Å². The van der Waals surface area contributed by atoms with Gasteiger partial charge in [0, 0.05) is 73.4 Å². The molecule has 3 aromatic carbocycles. The number of likely N-dealkylation sites (N-methyl/N-ethyl adjacent to an activating group) is 1. The third-order valence-corrected chi connectivity index (χ3v) is 8.52. The van der Waals surface area contributed by atoms with E-state index in [4.69, 9.17) is 38.4 Å². The summed E-state index contributed by atoms with van der Waals surface area (Å²) >= 11 is 12.6. The molecular weight excluding hydrogens is 645 g/mol. The number of aliphatic carboxylic acids is 2. The van der Waals surface area contributed by atoms with Gasteiger partial charge in [-0.15, -0.1) is 0 Å². The number of nitrogens with zero attached hydrogens (tertiary/aromatic N) is 3. The van der Waals surface area contributed by atoms with Gasteiger partial charge in [0.2, 0.25) is 0 Å². The number of hydrogen-bond donors (Lipinski definition) is 3. The molecule has 47 heavy (non-hydrogen) atoms. The molecule has 0 saturated carbocycles. The van der Waals surface area contributed by atoms with Crippen molar-refractivity contribution in [3.8, 4) is 0 Å². The molecule has 1 unspecified atom stereocenters. The Morgan fingerprint density at radius 1 is 0.915 bits per heavy atom. The molecule has 1 amide bonds. The minimum Gasteiger partial charge on any atom is -0.478 e. The molecule has 1 aromatic heterocycles. The first kappa shape index (κ1) is 35.1. The summed E-state index contributed by atoms with van der Waals surface area (Å²) in [7, 11) is 1.81. The normalized spacial score (nSPS) is 13.3. The van der Waals surface area contributed by atoms with E-state index in [2.05, 4.69) is 4.90 Å². The second kappa shape index (κ2) is 16.2. The topological polar surface area (TPSA) is 148 Å². The Balaban J connectivity index is 0.000000555. The zero-order chi connectivity index (χ0) is 34.1. The van der Waals surface area contributed by atoms with Crippen molar-refractivity contribution in [3.63, 3.8) is 0 Å². The highest BCUT2D eigenvalue weighted by atomic mass is 35.5. The third kappa shape index (κ3) is 9.38. The summed E-state index contributed by atoms with van der Waals surface area (Å²) in [6.07, 6.45) is 2.55. The summed E-state index contributed by atoms with van der Waals surface area (Å²) in [5.74, 6) is -3.48. The van der Waals surface area contributed by atoms with Gasteiger partial charge in [-0.3, -0.25) is 14.7 Å². The Kier molecular flexibility index (Phi) is 12.1. The fourth-order valence-electron chi connectivity index (χ4n) is 5.51. The number of hydrogen-bond acceptors (Lipinski definition) is 6. The van der Waals surface area contributed by atoms with Crippen LogP contribution in [-0.4, -0.2) is 80.6 Å². The summed E-state index contributed by atoms with van der Waals surface area (Å²) in [6.45, 7) is 2.53. The molecule has 1 aliphatic rings. The molecule has 0 radical (unpaired) electrons. The van der Waals surface area contributed by atoms with Crippen LogP contribution in [0.25, 0.3) is 10.9 Å². The van der Waals surface area contributed by atoms with Gasteiger partial charge in [-0.1, -0.05) is 65.7 Å². The van der Waals surface area contributed by atoms with Crippen LogP contribution in [-0.2, 0) is 22.6 Å². The monoisotopic (exact) mass is 677 g/mol. The number of para-hydroxylation sites is 1. The Morgan fingerprint density at radius 3 is 2.21 bits per heavy atom. The van der Waals surface area contributed by atoms with Crippen molar-refractivity contribution in [2.75, 3.05) is 26.7 Å². The maximum atomic E-state index is 13.1. The van der Waals surface area contributed by atoms with Crippen LogP contribution in [0.4, 0.5) is 0 Å². The standard InChI is InChI=1S/C31H29Cl2N3O3.C4H4O4/c1-35(30(37)20-7-3-2-4-8-20)18-22(21-11-12-25(32)26(33)17-21)13-15-36-16-14-28-24(19-36)29(31(38)39)23-9-5-6-10-27(23)34-28;5-3(6)1-2-4(7)8/h2-12,17,22H,13-16,18-19H2,1H3,(H,38,39);1-2H,(H,5,6)(H,7,8)/b;2-1+. The highest BCUT2D eigenvalue weighted by molar-refractivity contribution is 6.42. The molecule has 3 N–H and O–H groups in total. The van der Waals surface area contributed by atoms with E-state index in [9.17, 15) is 24.3 Å². The van der Waals surface area contributed by atoms with Gasteiger partial charge in [-0.2, -0.15) is 0 Å². The minimum absolute atomic E-state index is 0.00694. The first-order valence-corrected chi connectivity index (χ1v) is 15.5. The fraction of sp³-hybridized carbons (Fsp3) is 0.229. The number of aromatic nitrogens is 1. The van der Waals surface area contributed by atoms with E-state index in [-0.39, 0.29) is 11.8 Å². The fourth-order valence-corrected chi connectivity index (χ4v) is 5.81. The van der Waals surface area contributed by atoms with Crippen LogP contribution in [0.15, 0.2) is 84.9 Å². The molecule has 244 valence electrons. The van der Waals surface area contributed by atoms with E-state index in [1.807, 2.05) is 73.8 Å². The van der Waals surface area contributed by atoms with Crippen molar-refractivity contribution in [2.45, 2.75) is 25.3 Å². The largest absolute Gasteiger partial charge is 0.478 e. The SMILES string of the molecule is CN(CC(CCN1CCc2nc3ccccc3c(C(=O)O)c2C1)c1ccc(Cl)c(Cl)c1)C(=O)c1ccccc1.O=C(O)/C=C/C(=O)O. The lowest BCUT2D eigenvalue weighted by Gasteiger charge is -2.32. The van der Waals surface area contributed by atoms with E-state index >= 15 is 0 Å². The number of halogens is 2. The van der Waals surface area contributed by atoms with Crippen molar-refractivity contribution in [2.24, 2.45) is 0 Å². The Hall–Kier alpha value is -4.77. The van der Waals surface area contributed by atoms with Gasteiger partial charge >= 0.3 is 17.9 Å². The molecule has 10 nitrogen and oxygen atoms in total. The summed E-state index contributed by atoms with van der Waals surface area (Å²) in [5.41, 5.74) is 4.35. The number of amides is 1. The van der Waals surface area contributed by atoms with Crippen molar-refractivity contribution in [3.05, 3.63) is 123 Å². The average Bonchev–Trinajstić information content (AvgIpc) is 3.05. The molecule has 0 fully saturated rings. The first-order chi connectivity index (χ1) is 22.4. The minimum atomic E-state index is -1.26. The number of fused-ring (bicyclic) bond motifs is 2. The van der Waals surface area contributed by atoms with Gasteiger partial charge in [0.15, 0.2) is 0 Å². The summed E-state index contributed by atoms with van der Waals surface area (Å²) in [6, 6.07) is 22.3. The van der Waals surface area contributed by atoms with Gasteiger partial charge in [0.1, 0.15) is 0 Å². The molecule has 2 heterocycles. The Labute approximate surface area is 281 Å². The summed E-state index contributed by atoms with van der Waals surface area (Å²) in [5, 5.41) is 27.3. The summed E-state index contributed by atoms with van der Waals surface area (Å²) in [4.78, 5) is 53.3. The quantitative estimate of drug-likeness (QED) is 0.165. The van der Waals surface area contributed by atoms with Crippen LogP contribution in [0, 0.1) is 0 Å². The predicted octanol–water partition coefficient (Wildman–Crippen LogP) is 6.26. The van der Waals surface area contributed by atoms with Crippen molar-refractivity contribution in [1.82, 2.24) is 14.8 Å². The van der Waals surface area contributed by atoms with Gasteiger partial charge in [0.25, 0.3) is 5.91 Å². The molecule has 1 aliphatic heterocycles. The molecule has 4 aromatic rings. The number of carboxylic acids is 3. The lowest BCUT2D eigenvalue weighted by atomic mass is 9.93. The average molecular weight is 679 g/mol. The maximum absolute atomic E-state index is 13.1. The number of aromatic carboxylic acids is 1. The molecule has 0 bridgehead atoms. The van der Waals surface area contributed by atoms with E-state index in [0.717, 1.165) is 36.3 Å². The van der Waals surface area contributed by atoms with E-state index in [1.54, 1.807) is 11.0 Å². The third-order valence-electron chi connectivity index (χ3n) is 7.78. The van der Waals surface area contributed by atoms with Gasteiger partial charge in [-0.25, -0.2) is 14.4 Å². The zero-order valence-corrected chi connectivity index (χ0v) is 27.0. The highest BCUT2D eigenvalue weighted by Crippen LogP contribution is 2.31. The number of carboxylic acid groups (broad SMARTS) is 3. The first-order valence-electron chi connectivity index (χ1n) is 14.7. The lowest BCUT2D eigenvalue weighted by Crippen LogP contribution is -2.36. The highest BCUT2D eigenvalue weighted by Gasteiger charge is 2.27. The van der Waals surface area contributed by atoms with E-state index < -0.39 is 17.9 Å². The number of carbonyl (C=O) groups excluding carboxylic acids is 1. The van der Waals surface area contributed by atoms with Gasteiger partial charge < -0.3 is 20.2 Å². The van der Waals surface area contributed by atoms with Crippen LogP contribution in [0.2, 0.25) is 10.0 Å². The van der Waals surface area contributed by atoms with Crippen LogP contribution in [0.5, 0.6) is 0 Å². The van der Waals surface area contributed by atoms with Crippen LogP contribution in [0.1, 0.15) is 49.9 Å². The molecule has 0 saturated heterocycles. The van der Waals surface area contributed by atoms with E-state index in [1.165, 1.54) is 0 Å². The second-order valence-electron chi connectivity index (χ2n) is 11.0.